The zero-order chi connectivity index (χ0) is 9.68. The zero-order valence-electron chi connectivity index (χ0n) is 7.61. The molecule has 1 aromatic heterocycles. The molecule has 0 aliphatic rings. The van der Waals surface area contributed by atoms with E-state index in [1.54, 1.807) is 0 Å². The molecule has 0 aromatic carbocycles. The van der Waals surface area contributed by atoms with Crippen LogP contribution in [0.15, 0.2) is 0 Å². The predicted molar refractivity (Wildman–Crippen MR) is 46.0 cm³/mol. The van der Waals surface area contributed by atoms with Crippen molar-refractivity contribution in [1.29, 1.82) is 0 Å². The summed E-state index contributed by atoms with van der Waals surface area (Å²) in [6.45, 7) is 0.698. The number of aromatic nitrogens is 4. The lowest BCUT2D eigenvalue weighted by Crippen LogP contribution is -2.21. The van der Waals surface area contributed by atoms with Gasteiger partial charge in [-0.25, -0.2) is 0 Å². The van der Waals surface area contributed by atoms with Gasteiger partial charge in [-0.3, -0.25) is 10.1 Å². The molecule has 0 aliphatic carbocycles. The van der Waals surface area contributed by atoms with Crippen LogP contribution in [-0.4, -0.2) is 52.1 Å². The van der Waals surface area contributed by atoms with Crippen LogP contribution >= 0.6 is 0 Å². The molecule has 0 saturated carbocycles. The summed E-state index contributed by atoms with van der Waals surface area (Å²) in [7, 11) is 3.81. The van der Waals surface area contributed by atoms with Gasteiger partial charge in [-0.15, -0.1) is 5.10 Å². The third kappa shape index (κ3) is 3.61. The van der Waals surface area contributed by atoms with Crippen molar-refractivity contribution in [2.75, 3.05) is 26.0 Å². The topological polar surface area (TPSA) is 86.8 Å². The predicted octanol–water partition coefficient (Wildman–Crippen LogP) is -0.910. The molecule has 72 valence electrons. The van der Waals surface area contributed by atoms with Gasteiger partial charge < -0.3 is 4.90 Å². The number of tetrazole rings is 1. The number of hydrogen-bond acceptors (Lipinski definition) is 5. The first-order valence-electron chi connectivity index (χ1n) is 3.86. The maximum Gasteiger partial charge on any atom is 0.269 e. The number of nitrogens with zero attached hydrogens (tertiary/aromatic N) is 4. The average molecular weight is 184 g/mol. The molecular weight excluding hydrogens is 172 g/mol. The number of anilines is 1. The molecule has 1 rings (SSSR count). The number of amides is 1. The number of carbonyl (C=O) groups is 1. The molecule has 7 nitrogen and oxygen atoms in total. The molecule has 1 aromatic rings. The second kappa shape index (κ2) is 4.51. The van der Waals surface area contributed by atoms with E-state index in [-0.39, 0.29) is 11.9 Å². The van der Waals surface area contributed by atoms with Gasteiger partial charge in [0.1, 0.15) is 0 Å². The first kappa shape index (κ1) is 9.59. The second-order valence-electron chi connectivity index (χ2n) is 2.84. The first-order chi connectivity index (χ1) is 6.18. The normalized spacial score (nSPS) is 10.4. The van der Waals surface area contributed by atoms with E-state index in [1.165, 1.54) is 0 Å². The van der Waals surface area contributed by atoms with Gasteiger partial charge in [0.25, 0.3) is 5.95 Å². The number of rotatable bonds is 4. The van der Waals surface area contributed by atoms with Crippen molar-refractivity contribution in [3.8, 4) is 0 Å². The van der Waals surface area contributed by atoms with E-state index < -0.39 is 0 Å². The van der Waals surface area contributed by atoms with Crippen LogP contribution in [0.2, 0.25) is 0 Å². The maximum absolute atomic E-state index is 11.2. The summed E-state index contributed by atoms with van der Waals surface area (Å²) in [6.07, 6.45) is 0.418. The third-order valence-electron chi connectivity index (χ3n) is 1.38. The van der Waals surface area contributed by atoms with Gasteiger partial charge in [0.2, 0.25) is 5.91 Å². The highest BCUT2D eigenvalue weighted by Crippen LogP contribution is 1.92. The van der Waals surface area contributed by atoms with Crippen molar-refractivity contribution in [3.05, 3.63) is 0 Å². The molecule has 0 radical (unpaired) electrons. The Bertz CT molecular complexity index is 256. The van der Waals surface area contributed by atoms with Crippen LogP contribution in [-0.2, 0) is 4.79 Å². The first-order valence-corrected chi connectivity index (χ1v) is 3.86. The molecule has 2 N–H and O–H groups in total. The lowest BCUT2D eigenvalue weighted by Gasteiger charge is -2.07. The SMILES string of the molecule is CN(C)CCC(=O)Nc1nn[nH]n1. The largest absolute Gasteiger partial charge is 0.309 e. The molecule has 1 heterocycles. The van der Waals surface area contributed by atoms with E-state index in [0.29, 0.717) is 13.0 Å². The Kier molecular flexibility index (Phi) is 3.32. The Labute approximate surface area is 75.5 Å². The standard InChI is InChI=1S/C6H12N6O/c1-12(2)4-3-5(13)7-6-8-10-11-9-6/h3-4H2,1-2H3,(H2,7,8,9,10,11,13). The van der Waals surface area contributed by atoms with Gasteiger partial charge in [-0.2, -0.15) is 5.21 Å². The van der Waals surface area contributed by atoms with Crippen molar-refractivity contribution >= 4 is 11.9 Å². The minimum absolute atomic E-state index is 0.116. The van der Waals surface area contributed by atoms with Crippen molar-refractivity contribution in [2.24, 2.45) is 0 Å². The van der Waals surface area contributed by atoms with Gasteiger partial charge >= 0.3 is 0 Å². The van der Waals surface area contributed by atoms with Crippen LogP contribution in [0, 0.1) is 0 Å². The van der Waals surface area contributed by atoms with Crippen LogP contribution in [0.3, 0.4) is 0 Å². The second-order valence-corrected chi connectivity index (χ2v) is 2.84. The summed E-state index contributed by atoms with van der Waals surface area (Å²) in [5.74, 6) is 0.0962. The van der Waals surface area contributed by atoms with E-state index in [0.717, 1.165) is 0 Å². The minimum atomic E-state index is -0.116. The van der Waals surface area contributed by atoms with Gasteiger partial charge in [-0.05, 0) is 19.3 Å². The maximum atomic E-state index is 11.2. The monoisotopic (exact) mass is 184 g/mol. The van der Waals surface area contributed by atoms with Gasteiger partial charge in [0.05, 0.1) is 0 Å². The molecule has 0 unspecified atom stereocenters. The summed E-state index contributed by atoms with van der Waals surface area (Å²) in [4.78, 5) is 13.1. The molecule has 0 saturated heterocycles. The molecule has 13 heavy (non-hydrogen) atoms. The summed E-state index contributed by atoms with van der Waals surface area (Å²) in [5.41, 5.74) is 0. The highest BCUT2D eigenvalue weighted by atomic mass is 16.1. The molecule has 0 aliphatic heterocycles. The van der Waals surface area contributed by atoms with Crippen molar-refractivity contribution in [3.63, 3.8) is 0 Å². The summed E-state index contributed by atoms with van der Waals surface area (Å²) in [6, 6.07) is 0. The zero-order valence-corrected chi connectivity index (χ0v) is 7.61. The van der Waals surface area contributed by atoms with Crippen LogP contribution in [0.25, 0.3) is 0 Å². The highest BCUT2D eigenvalue weighted by Gasteiger charge is 2.04. The minimum Gasteiger partial charge on any atom is -0.309 e. The van der Waals surface area contributed by atoms with E-state index in [2.05, 4.69) is 25.9 Å². The van der Waals surface area contributed by atoms with Gasteiger partial charge in [-0.1, -0.05) is 5.10 Å². The number of aromatic amines is 1. The average Bonchev–Trinajstić information content (AvgIpc) is 2.53. The van der Waals surface area contributed by atoms with Crippen molar-refractivity contribution in [1.82, 2.24) is 25.5 Å². The molecule has 1 amide bonds. The molecule has 0 bridgehead atoms. The van der Waals surface area contributed by atoms with Crippen LogP contribution in [0.5, 0.6) is 0 Å². The van der Waals surface area contributed by atoms with Crippen molar-refractivity contribution in [2.45, 2.75) is 6.42 Å². The summed E-state index contributed by atoms with van der Waals surface area (Å²) >= 11 is 0. The van der Waals surface area contributed by atoms with Gasteiger partial charge in [0, 0.05) is 13.0 Å². The Morgan fingerprint density at radius 2 is 2.38 bits per heavy atom. The van der Waals surface area contributed by atoms with E-state index >= 15 is 0 Å². The van der Waals surface area contributed by atoms with Crippen LogP contribution < -0.4 is 5.32 Å². The highest BCUT2D eigenvalue weighted by molar-refractivity contribution is 5.88. The number of carbonyl (C=O) groups excluding carboxylic acids is 1. The number of H-pyrrole nitrogens is 1. The lowest BCUT2D eigenvalue weighted by atomic mass is 10.4. The smallest absolute Gasteiger partial charge is 0.269 e. The Balaban J connectivity index is 2.26. The van der Waals surface area contributed by atoms with Crippen LogP contribution in [0.4, 0.5) is 5.95 Å². The number of hydrogen-bond donors (Lipinski definition) is 2. The van der Waals surface area contributed by atoms with E-state index in [1.807, 2.05) is 19.0 Å². The fourth-order valence-corrected chi connectivity index (χ4v) is 0.727. The lowest BCUT2D eigenvalue weighted by molar-refractivity contribution is -0.116. The van der Waals surface area contributed by atoms with Crippen molar-refractivity contribution < 1.29 is 4.79 Å². The molecule has 0 fully saturated rings. The fourth-order valence-electron chi connectivity index (χ4n) is 0.727. The molecule has 0 atom stereocenters. The fraction of sp³-hybridized carbons (Fsp3) is 0.667. The number of nitrogens with one attached hydrogen (secondary N) is 2. The van der Waals surface area contributed by atoms with Crippen LogP contribution in [0.1, 0.15) is 6.42 Å². The Hall–Kier alpha value is -1.50. The van der Waals surface area contributed by atoms with Gasteiger partial charge in [0.15, 0.2) is 0 Å². The van der Waals surface area contributed by atoms with E-state index in [4.69, 9.17) is 0 Å². The summed E-state index contributed by atoms with van der Waals surface area (Å²) < 4.78 is 0. The Morgan fingerprint density at radius 3 is 2.92 bits per heavy atom. The molecular formula is C6H12N6O. The summed E-state index contributed by atoms with van der Waals surface area (Å²) in [5, 5.41) is 15.2. The molecule has 7 heteroatoms. The van der Waals surface area contributed by atoms with E-state index in [9.17, 15) is 4.79 Å². The molecule has 0 spiro atoms. The third-order valence-corrected chi connectivity index (χ3v) is 1.38. The Morgan fingerprint density at radius 1 is 1.62 bits per heavy atom. The quantitative estimate of drug-likeness (QED) is 0.632.